The molecule has 0 aliphatic heterocycles. The SMILES string of the molecule is CCC(CC=CCCC(C)C(=O)NC(C)(C)CS(=O)(=O)O)c1ccccc1. The van der Waals surface area contributed by atoms with Crippen LogP contribution in [0.5, 0.6) is 0 Å². The van der Waals surface area contributed by atoms with Crippen LogP contribution < -0.4 is 5.32 Å². The summed E-state index contributed by atoms with van der Waals surface area (Å²) in [6.45, 7) is 7.18. The first-order valence-corrected chi connectivity index (χ1v) is 11.1. The largest absolute Gasteiger partial charge is 0.350 e. The Morgan fingerprint density at radius 1 is 1.22 bits per heavy atom. The van der Waals surface area contributed by atoms with Crippen LogP contribution in [-0.4, -0.2) is 30.2 Å². The van der Waals surface area contributed by atoms with Gasteiger partial charge in [0.15, 0.2) is 0 Å². The smallest absolute Gasteiger partial charge is 0.267 e. The molecule has 152 valence electrons. The molecule has 5 nitrogen and oxygen atoms in total. The van der Waals surface area contributed by atoms with Crippen LogP contribution in [0.3, 0.4) is 0 Å². The molecule has 1 rings (SSSR count). The van der Waals surface area contributed by atoms with Crippen LogP contribution in [0.4, 0.5) is 0 Å². The minimum absolute atomic E-state index is 0.201. The van der Waals surface area contributed by atoms with Crippen molar-refractivity contribution in [2.75, 3.05) is 5.75 Å². The van der Waals surface area contributed by atoms with Crippen molar-refractivity contribution in [3.05, 3.63) is 48.0 Å². The van der Waals surface area contributed by atoms with Crippen molar-refractivity contribution in [2.45, 2.75) is 64.8 Å². The van der Waals surface area contributed by atoms with Crippen molar-refractivity contribution in [3.8, 4) is 0 Å². The molecular formula is C21H33NO4S. The fraction of sp³-hybridized carbons (Fsp3) is 0.571. The van der Waals surface area contributed by atoms with E-state index < -0.39 is 21.4 Å². The number of amides is 1. The Hall–Kier alpha value is -1.66. The molecule has 2 unspecified atom stereocenters. The van der Waals surface area contributed by atoms with Gasteiger partial charge in [-0.1, -0.05) is 56.3 Å². The minimum Gasteiger partial charge on any atom is -0.350 e. The second-order valence-corrected chi connectivity index (χ2v) is 9.25. The molecule has 0 fully saturated rings. The maximum absolute atomic E-state index is 12.2. The Kier molecular flexibility index (Phi) is 9.19. The van der Waals surface area contributed by atoms with Gasteiger partial charge in [0, 0.05) is 5.92 Å². The lowest BCUT2D eigenvalue weighted by molar-refractivity contribution is -0.126. The van der Waals surface area contributed by atoms with E-state index in [4.69, 9.17) is 4.55 Å². The topological polar surface area (TPSA) is 83.5 Å². The summed E-state index contributed by atoms with van der Waals surface area (Å²) in [6, 6.07) is 10.5. The molecule has 0 saturated heterocycles. The predicted octanol–water partition coefficient (Wildman–Crippen LogP) is 4.33. The zero-order chi connectivity index (χ0) is 20.5. The van der Waals surface area contributed by atoms with Gasteiger partial charge < -0.3 is 5.32 Å². The number of hydrogen-bond donors (Lipinski definition) is 2. The van der Waals surface area contributed by atoms with Gasteiger partial charge in [0.2, 0.25) is 5.91 Å². The molecule has 2 atom stereocenters. The normalized spacial score (nSPS) is 14.9. The van der Waals surface area contributed by atoms with E-state index >= 15 is 0 Å². The van der Waals surface area contributed by atoms with Gasteiger partial charge in [-0.25, -0.2) is 0 Å². The number of nitrogens with one attached hydrogen (secondary N) is 1. The average molecular weight is 396 g/mol. The zero-order valence-electron chi connectivity index (χ0n) is 16.8. The summed E-state index contributed by atoms with van der Waals surface area (Å²) in [5.74, 6) is -0.431. The Morgan fingerprint density at radius 2 is 1.85 bits per heavy atom. The maximum Gasteiger partial charge on any atom is 0.267 e. The number of benzene rings is 1. The van der Waals surface area contributed by atoms with Crippen molar-refractivity contribution in [1.82, 2.24) is 5.32 Å². The molecule has 1 amide bonds. The fourth-order valence-corrected chi connectivity index (χ4v) is 4.05. The molecule has 0 radical (unpaired) electrons. The Morgan fingerprint density at radius 3 is 2.41 bits per heavy atom. The van der Waals surface area contributed by atoms with Crippen LogP contribution in [0, 0.1) is 5.92 Å². The second kappa shape index (κ2) is 10.6. The molecular weight excluding hydrogens is 362 g/mol. The Bertz CT molecular complexity index is 711. The number of hydrogen-bond acceptors (Lipinski definition) is 3. The highest BCUT2D eigenvalue weighted by Gasteiger charge is 2.28. The molecule has 6 heteroatoms. The molecule has 0 aliphatic rings. The van der Waals surface area contributed by atoms with Crippen LogP contribution in [-0.2, 0) is 14.9 Å². The predicted molar refractivity (Wildman–Crippen MR) is 110 cm³/mol. The van der Waals surface area contributed by atoms with Crippen LogP contribution in [0.15, 0.2) is 42.5 Å². The molecule has 0 spiro atoms. The average Bonchev–Trinajstić information content (AvgIpc) is 2.56. The van der Waals surface area contributed by atoms with Crippen LogP contribution in [0.25, 0.3) is 0 Å². The monoisotopic (exact) mass is 395 g/mol. The summed E-state index contributed by atoms with van der Waals surface area (Å²) >= 11 is 0. The number of carbonyl (C=O) groups is 1. The highest BCUT2D eigenvalue weighted by Crippen LogP contribution is 2.23. The maximum atomic E-state index is 12.2. The summed E-state index contributed by atoms with van der Waals surface area (Å²) in [6.07, 6.45) is 7.82. The molecule has 0 aliphatic carbocycles. The third-order valence-electron chi connectivity index (χ3n) is 4.57. The van der Waals surface area contributed by atoms with E-state index in [0.29, 0.717) is 12.3 Å². The first kappa shape index (κ1) is 23.4. The van der Waals surface area contributed by atoms with Crippen LogP contribution >= 0.6 is 0 Å². The number of carbonyl (C=O) groups excluding carboxylic acids is 1. The second-order valence-electron chi connectivity index (χ2n) is 7.80. The van der Waals surface area contributed by atoms with E-state index in [1.165, 1.54) is 5.56 Å². The fourth-order valence-electron chi connectivity index (χ4n) is 3.07. The Labute approximate surface area is 164 Å². The van der Waals surface area contributed by atoms with Crippen molar-refractivity contribution >= 4 is 16.0 Å². The van der Waals surface area contributed by atoms with Crippen LogP contribution in [0.1, 0.15) is 64.9 Å². The van der Waals surface area contributed by atoms with Gasteiger partial charge in [-0.2, -0.15) is 8.42 Å². The lowest BCUT2D eigenvalue weighted by Gasteiger charge is -2.26. The van der Waals surface area contributed by atoms with Crippen LogP contribution in [0.2, 0.25) is 0 Å². The summed E-state index contributed by atoms with van der Waals surface area (Å²) in [5.41, 5.74) is 0.345. The van der Waals surface area contributed by atoms with Gasteiger partial charge >= 0.3 is 0 Å². The first-order valence-electron chi connectivity index (χ1n) is 9.51. The molecule has 0 bridgehead atoms. The van der Waals surface area contributed by atoms with E-state index in [-0.39, 0.29) is 11.8 Å². The van der Waals surface area contributed by atoms with Gasteiger partial charge in [0.25, 0.3) is 10.1 Å². The van der Waals surface area contributed by atoms with Crippen molar-refractivity contribution < 1.29 is 17.8 Å². The summed E-state index contributed by atoms with van der Waals surface area (Å²) < 4.78 is 31.0. The molecule has 27 heavy (non-hydrogen) atoms. The van der Waals surface area contributed by atoms with Gasteiger partial charge in [-0.15, -0.1) is 0 Å². The third-order valence-corrected chi connectivity index (χ3v) is 5.66. The summed E-state index contributed by atoms with van der Waals surface area (Å²) in [7, 11) is -4.14. The van der Waals surface area contributed by atoms with E-state index in [2.05, 4.69) is 48.7 Å². The summed E-state index contributed by atoms with van der Waals surface area (Å²) in [5, 5.41) is 2.70. The molecule has 1 aromatic rings. The number of allylic oxidation sites excluding steroid dienone is 2. The van der Waals surface area contributed by atoms with Crippen molar-refractivity contribution in [3.63, 3.8) is 0 Å². The first-order chi connectivity index (χ1) is 12.5. The third kappa shape index (κ3) is 9.73. The molecule has 2 N–H and O–H groups in total. The minimum atomic E-state index is -4.14. The quantitative estimate of drug-likeness (QED) is 0.432. The Balaban J connectivity index is 2.42. The van der Waals surface area contributed by atoms with Gasteiger partial charge in [-0.05, 0) is 51.0 Å². The molecule has 0 aromatic heterocycles. The van der Waals surface area contributed by atoms with E-state index in [0.717, 1.165) is 19.3 Å². The zero-order valence-corrected chi connectivity index (χ0v) is 17.6. The summed E-state index contributed by atoms with van der Waals surface area (Å²) in [4.78, 5) is 12.2. The van der Waals surface area contributed by atoms with E-state index in [1.54, 1.807) is 13.8 Å². The number of rotatable bonds is 11. The lowest BCUT2D eigenvalue weighted by atomic mass is 9.93. The van der Waals surface area contributed by atoms with E-state index in [1.807, 2.05) is 13.0 Å². The van der Waals surface area contributed by atoms with Gasteiger partial charge in [-0.3, -0.25) is 9.35 Å². The lowest BCUT2D eigenvalue weighted by Crippen LogP contribution is -2.49. The molecule has 0 saturated carbocycles. The van der Waals surface area contributed by atoms with Gasteiger partial charge in [0.05, 0.1) is 11.3 Å². The van der Waals surface area contributed by atoms with E-state index in [9.17, 15) is 13.2 Å². The highest BCUT2D eigenvalue weighted by molar-refractivity contribution is 7.85. The molecule has 1 aromatic carbocycles. The molecule has 0 heterocycles. The van der Waals surface area contributed by atoms with Gasteiger partial charge in [0.1, 0.15) is 0 Å². The van der Waals surface area contributed by atoms with Crippen molar-refractivity contribution in [2.24, 2.45) is 5.92 Å². The van der Waals surface area contributed by atoms with Crippen molar-refractivity contribution in [1.29, 1.82) is 0 Å². The highest BCUT2D eigenvalue weighted by atomic mass is 32.2. The standard InChI is InChI=1S/C21H33NO4S/c1-5-18(19-14-10-7-11-15-19)13-9-6-8-12-17(2)20(23)22-21(3,4)16-27(24,25)26/h6-7,9-11,14-15,17-18H,5,8,12-13,16H2,1-4H3,(H,22,23)(H,24,25,26).